The largest absolute Gasteiger partial charge is 2.00 e. The van der Waals surface area contributed by atoms with Crippen molar-refractivity contribution in [3.63, 3.8) is 0 Å². The summed E-state index contributed by atoms with van der Waals surface area (Å²) in [4.78, 5) is 8.89. The first kappa shape index (κ1) is 67.6. The molecule has 0 aliphatic rings. The van der Waals surface area contributed by atoms with E-state index in [1.165, 1.54) is 0 Å². The minimum atomic E-state index is -1.08. The first-order chi connectivity index (χ1) is 1.73. The molecule has 0 saturated heterocycles. The quantitative estimate of drug-likeness (QED) is 0.348. The van der Waals surface area contributed by atoms with Gasteiger partial charge in [-0.2, -0.15) is 0 Å². The Hall–Kier alpha value is -0.171. The van der Waals surface area contributed by atoms with E-state index in [0.29, 0.717) is 0 Å². The molecule has 0 radical (unpaired) electrons. The van der Waals surface area contributed by atoms with E-state index in [1.54, 1.807) is 0 Å². The second-order valence-corrected chi connectivity index (χ2v) is 0.492. The smallest absolute Gasteiger partial charge is 0.550 e. The van der Waals surface area contributed by atoms with E-state index in [9.17, 15) is 0 Å². The molecule has 0 aromatic carbocycles. The number of carbonyl (C=O) groups excluding carboxylic acids is 1. The van der Waals surface area contributed by atoms with Crippen molar-refractivity contribution < 1.29 is 48.9 Å². The van der Waals surface area contributed by atoms with Crippen molar-refractivity contribution in [1.29, 1.82) is 0 Å². The number of carboxylic acids is 1. The van der Waals surface area contributed by atoms with Gasteiger partial charge in [0.2, 0.25) is 0 Å². The standard InChI is InChI=1S/C2H4O2.Fe.4H2O/c1-2(3)4;;;;;/h1H3,(H,3,4);;4*1H2/q;+2;;;;/p-1. The predicted octanol–water partition coefficient (Wildman–Crippen LogP) is -4.55. The summed E-state index contributed by atoms with van der Waals surface area (Å²) >= 11 is 0. The summed E-state index contributed by atoms with van der Waals surface area (Å²) in [5.74, 6) is -1.08. The Bertz CT molecular complexity index is 34.0. The fourth-order valence-electron chi connectivity index (χ4n) is 0. The summed E-state index contributed by atoms with van der Waals surface area (Å²) in [7, 11) is 0. The zero-order valence-electron chi connectivity index (χ0n) is 4.67. The van der Waals surface area contributed by atoms with E-state index < -0.39 is 5.97 Å². The molecule has 0 saturated carbocycles. The first-order valence-corrected chi connectivity index (χ1v) is 0.908. The molecule has 0 fully saturated rings. The third kappa shape index (κ3) is 9150. The van der Waals surface area contributed by atoms with E-state index in [2.05, 4.69) is 0 Å². The molecule has 0 aliphatic heterocycles. The molecule has 0 aliphatic carbocycles. The Morgan fingerprint density at radius 1 is 1.11 bits per heavy atom. The molecule has 62 valence electrons. The summed E-state index contributed by atoms with van der Waals surface area (Å²) in [6, 6.07) is 0. The molecule has 0 spiro atoms. The van der Waals surface area contributed by atoms with Crippen molar-refractivity contribution >= 4 is 5.97 Å². The Labute approximate surface area is 62.6 Å². The molecule has 0 rings (SSSR count). The van der Waals surface area contributed by atoms with Crippen LogP contribution in [0.1, 0.15) is 6.92 Å². The van der Waals surface area contributed by atoms with Gasteiger partial charge < -0.3 is 31.8 Å². The van der Waals surface area contributed by atoms with Crippen LogP contribution >= 0.6 is 0 Å². The third-order valence-corrected chi connectivity index (χ3v) is 0. The van der Waals surface area contributed by atoms with Crippen LogP contribution < -0.4 is 5.11 Å². The molecule has 7 heteroatoms. The molecule has 0 atom stereocenters. The zero-order chi connectivity index (χ0) is 3.58. The molecule has 0 unspecified atom stereocenters. The average molecular weight is 187 g/mol. The predicted molar refractivity (Wildman–Crippen MR) is 25.1 cm³/mol. The van der Waals surface area contributed by atoms with E-state index >= 15 is 0 Å². The van der Waals surface area contributed by atoms with Crippen LogP contribution in [0.4, 0.5) is 0 Å². The molecule has 0 bridgehead atoms. The van der Waals surface area contributed by atoms with E-state index in [-0.39, 0.29) is 39.0 Å². The fraction of sp³-hybridized carbons (Fsp3) is 0.500. The number of carbonyl (C=O) groups is 1. The van der Waals surface area contributed by atoms with Gasteiger partial charge in [-0.25, -0.2) is 0 Å². The Kier molecular flexibility index (Phi) is 343. The molecular formula is C2H11FeO6+. The van der Waals surface area contributed by atoms with Crippen molar-refractivity contribution in [3.05, 3.63) is 0 Å². The minimum absolute atomic E-state index is 0. The Balaban J connectivity index is -0.00000000450. The molecule has 9 heavy (non-hydrogen) atoms. The van der Waals surface area contributed by atoms with Crippen molar-refractivity contribution in [2.24, 2.45) is 0 Å². The van der Waals surface area contributed by atoms with Crippen LogP contribution in [0.3, 0.4) is 0 Å². The number of carboxylic acid groups (broad SMARTS) is 1. The molecule has 0 heterocycles. The van der Waals surface area contributed by atoms with Crippen LogP contribution in [0, 0.1) is 0 Å². The van der Waals surface area contributed by atoms with Crippen molar-refractivity contribution in [3.8, 4) is 0 Å². The molecular weight excluding hydrogens is 176 g/mol. The van der Waals surface area contributed by atoms with Gasteiger partial charge in [0.1, 0.15) is 0 Å². The summed E-state index contributed by atoms with van der Waals surface area (Å²) in [5.41, 5.74) is 0. The van der Waals surface area contributed by atoms with Gasteiger partial charge in [-0.15, -0.1) is 0 Å². The molecule has 6 nitrogen and oxygen atoms in total. The fourth-order valence-corrected chi connectivity index (χ4v) is 0. The maximum Gasteiger partial charge on any atom is 2.00 e. The second kappa shape index (κ2) is 45.6. The Morgan fingerprint density at radius 2 is 1.11 bits per heavy atom. The van der Waals surface area contributed by atoms with Crippen LogP contribution in [0.2, 0.25) is 0 Å². The summed E-state index contributed by atoms with van der Waals surface area (Å²) in [5, 5.41) is 8.89. The van der Waals surface area contributed by atoms with Gasteiger partial charge in [0.25, 0.3) is 0 Å². The maximum absolute atomic E-state index is 8.89. The van der Waals surface area contributed by atoms with Crippen molar-refractivity contribution in [2.75, 3.05) is 0 Å². The first-order valence-electron chi connectivity index (χ1n) is 0.908. The minimum Gasteiger partial charge on any atom is -0.550 e. The SMILES string of the molecule is CC(=O)[O-].O.O.O.O.[Fe+2]. The van der Waals surface area contributed by atoms with Crippen LogP contribution in [-0.4, -0.2) is 27.9 Å². The van der Waals surface area contributed by atoms with E-state index in [1.807, 2.05) is 0 Å². The zero-order valence-corrected chi connectivity index (χ0v) is 5.77. The van der Waals surface area contributed by atoms with Crippen LogP contribution in [0.15, 0.2) is 0 Å². The van der Waals surface area contributed by atoms with Crippen LogP contribution in [0.25, 0.3) is 0 Å². The molecule has 8 N–H and O–H groups in total. The van der Waals surface area contributed by atoms with Crippen LogP contribution in [-0.2, 0) is 21.9 Å². The van der Waals surface area contributed by atoms with E-state index in [4.69, 9.17) is 9.90 Å². The molecule has 0 aromatic heterocycles. The van der Waals surface area contributed by atoms with Crippen molar-refractivity contribution in [1.82, 2.24) is 0 Å². The van der Waals surface area contributed by atoms with Gasteiger partial charge in [-0.3, -0.25) is 0 Å². The number of hydrogen-bond donors (Lipinski definition) is 0. The average Bonchev–Trinajstić information content (AvgIpc) is 0.811. The summed E-state index contributed by atoms with van der Waals surface area (Å²) in [6.07, 6.45) is 0. The van der Waals surface area contributed by atoms with Gasteiger partial charge in [-0.1, -0.05) is 0 Å². The third-order valence-electron chi connectivity index (χ3n) is 0. The monoisotopic (exact) mass is 187 g/mol. The van der Waals surface area contributed by atoms with Gasteiger partial charge in [-0.05, 0) is 6.92 Å². The topological polar surface area (TPSA) is 166 Å². The molecule has 0 aromatic rings. The molecule has 0 amide bonds. The number of rotatable bonds is 0. The van der Waals surface area contributed by atoms with Gasteiger partial charge in [0, 0.05) is 5.97 Å². The summed E-state index contributed by atoms with van der Waals surface area (Å²) < 4.78 is 0. The van der Waals surface area contributed by atoms with Crippen molar-refractivity contribution in [2.45, 2.75) is 6.92 Å². The van der Waals surface area contributed by atoms with Gasteiger partial charge in [0.15, 0.2) is 0 Å². The Morgan fingerprint density at radius 3 is 1.11 bits per heavy atom. The summed E-state index contributed by atoms with van der Waals surface area (Å²) in [6.45, 7) is 0.972. The normalized spacial score (nSPS) is 2.78. The van der Waals surface area contributed by atoms with E-state index in [0.717, 1.165) is 6.92 Å². The number of hydrogen-bond acceptors (Lipinski definition) is 2. The van der Waals surface area contributed by atoms with Gasteiger partial charge >= 0.3 is 17.1 Å². The second-order valence-electron chi connectivity index (χ2n) is 0.492. The van der Waals surface area contributed by atoms with Gasteiger partial charge in [0.05, 0.1) is 0 Å². The van der Waals surface area contributed by atoms with Crippen LogP contribution in [0.5, 0.6) is 0 Å². The maximum atomic E-state index is 8.89. The number of aliphatic carboxylic acids is 1.